The van der Waals surface area contributed by atoms with E-state index >= 15 is 0 Å². The second-order valence-corrected chi connectivity index (χ2v) is 5.00. The van der Waals surface area contributed by atoms with Gasteiger partial charge in [0.1, 0.15) is 5.82 Å². The third kappa shape index (κ3) is 3.22. The minimum Gasteiger partial charge on any atom is -0.322 e. The maximum Gasteiger partial charge on any atom is 0.246 e. The van der Waals surface area contributed by atoms with Crippen LogP contribution in [0.5, 0.6) is 0 Å². The third-order valence-corrected chi connectivity index (χ3v) is 3.21. The van der Waals surface area contributed by atoms with Crippen LogP contribution in [-0.2, 0) is 4.79 Å². The zero-order valence-corrected chi connectivity index (χ0v) is 11.9. The van der Waals surface area contributed by atoms with Crippen LogP contribution in [0.1, 0.15) is 11.5 Å². The first-order chi connectivity index (χ1) is 9.61. The number of nitriles is 1. The van der Waals surface area contributed by atoms with Gasteiger partial charge >= 0.3 is 0 Å². The summed E-state index contributed by atoms with van der Waals surface area (Å²) in [4.78, 5) is 12.1. The van der Waals surface area contributed by atoms with Gasteiger partial charge in [0.25, 0.3) is 0 Å². The Bertz CT molecular complexity index is 667. The maximum absolute atomic E-state index is 13.7. The molecule has 0 heterocycles. The lowest BCUT2D eigenvalue weighted by Gasteiger charge is -2.11. The number of hydrogen-bond donors (Lipinski definition) is 1. The molecule has 3 nitrogen and oxygen atoms in total. The Kier molecular flexibility index (Phi) is 4.49. The molecule has 5 heteroatoms. The molecule has 0 saturated carbocycles. The van der Waals surface area contributed by atoms with Crippen LogP contribution in [0.4, 0.5) is 10.1 Å². The number of nitrogens with one attached hydrogen (secondary N) is 1. The zero-order valence-electron chi connectivity index (χ0n) is 10.3. The van der Waals surface area contributed by atoms with E-state index in [4.69, 9.17) is 5.26 Å². The fourth-order valence-corrected chi connectivity index (χ4v) is 2.06. The Morgan fingerprint density at radius 3 is 2.55 bits per heavy atom. The van der Waals surface area contributed by atoms with Crippen LogP contribution in [0.25, 0.3) is 0 Å². The molecule has 0 fully saturated rings. The van der Waals surface area contributed by atoms with Crippen molar-refractivity contribution in [1.29, 1.82) is 5.26 Å². The van der Waals surface area contributed by atoms with E-state index < -0.39 is 17.6 Å². The Labute approximate surface area is 124 Å². The highest BCUT2D eigenvalue weighted by atomic mass is 79.9. The average molecular weight is 333 g/mol. The van der Waals surface area contributed by atoms with E-state index in [-0.39, 0.29) is 5.69 Å². The van der Waals surface area contributed by atoms with Gasteiger partial charge in [-0.25, -0.2) is 4.39 Å². The quantitative estimate of drug-likeness (QED) is 0.928. The van der Waals surface area contributed by atoms with E-state index in [1.54, 1.807) is 36.4 Å². The topological polar surface area (TPSA) is 52.9 Å². The van der Waals surface area contributed by atoms with Crippen molar-refractivity contribution < 1.29 is 9.18 Å². The number of hydrogen-bond acceptors (Lipinski definition) is 2. The van der Waals surface area contributed by atoms with Crippen molar-refractivity contribution in [2.24, 2.45) is 0 Å². The van der Waals surface area contributed by atoms with Crippen molar-refractivity contribution in [1.82, 2.24) is 0 Å². The van der Waals surface area contributed by atoms with Gasteiger partial charge in [-0.3, -0.25) is 4.79 Å². The molecular formula is C15H10BrFN2O. The summed E-state index contributed by atoms with van der Waals surface area (Å²) in [6.07, 6.45) is 0. The predicted molar refractivity (Wildman–Crippen MR) is 77.5 cm³/mol. The Hall–Kier alpha value is -2.19. The Morgan fingerprint density at radius 2 is 1.95 bits per heavy atom. The molecule has 2 aromatic carbocycles. The summed E-state index contributed by atoms with van der Waals surface area (Å²) in [6.45, 7) is 0. The molecule has 0 aliphatic heterocycles. The van der Waals surface area contributed by atoms with E-state index in [1.165, 1.54) is 12.1 Å². The number of benzene rings is 2. The number of rotatable bonds is 3. The SMILES string of the molecule is N#CC(C(=O)Nc1ccc(Br)cc1F)c1ccccc1. The van der Waals surface area contributed by atoms with Gasteiger partial charge in [0.2, 0.25) is 5.91 Å². The Balaban J connectivity index is 2.21. The molecule has 100 valence electrons. The number of anilines is 1. The summed E-state index contributed by atoms with van der Waals surface area (Å²) in [6, 6.07) is 14.9. The van der Waals surface area contributed by atoms with Crippen molar-refractivity contribution in [2.75, 3.05) is 5.32 Å². The lowest BCUT2D eigenvalue weighted by molar-refractivity contribution is -0.116. The van der Waals surface area contributed by atoms with Crippen LogP contribution >= 0.6 is 15.9 Å². The molecule has 0 spiro atoms. The highest BCUT2D eigenvalue weighted by Gasteiger charge is 2.20. The first-order valence-electron chi connectivity index (χ1n) is 5.82. The molecule has 1 unspecified atom stereocenters. The van der Waals surface area contributed by atoms with Crippen LogP contribution in [0.3, 0.4) is 0 Å². The van der Waals surface area contributed by atoms with E-state index in [1.807, 2.05) is 6.07 Å². The lowest BCUT2D eigenvalue weighted by atomic mass is 10.00. The van der Waals surface area contributed by atoms with Crippen LogP contribution in [0.15, 0.2) is 53.0 Å². The summed E-state index contributed by atoms with van der Waals surface area (Å²) in [7, 11) is 0. The molecule has 1 atom stereocenters. The predicted octanol–water partition coefficient (Wildman–Crippen LogP) is 3.83. The molecule has 0 aliphatic rings. The normalized spacial score (nSPS) is 11.4. The molecule has 2 rings (SSSR count). The first kappa shape index (κ1) is 14.2. The minimum absolute atomic E-state index is 0.0504. The van der Waals surface area contributed by atoms with Gasteiger partial charge in [0.15, 0.2) is 5.92 Å². The van der Waals surface area contributed by atoms with Gasteiger partial charge < -0.3 is 5.32 Å². The molecule has 0 aromatic heterocycles. The van der Waals surface area contributed by atoms with Gasteiger partial charge in [-0.05, 0) is 23.8 Å². The number of amides is 1. The van der Waals surface area contributed by atoms with E-state index in [0.717, 1.165) is 0 Å². The average Bonchev–Trinajstić information content (AvgIpc) is 2.44. The Morgan fingerprint density at radius 1 is 1.25 bits per heavy atom. The summed E-state index contributed by atoms with van der Waals surface area (Å²) >= 11 is 3.14. The monoisotopic (exact) mass is 332 g/mol. The highest BCUT2D eigenvalue weighted by molar-refractivity contribution is 9.10. The van der Waals surface area contributed by atoms with Crippen LogP contribution in [-0.4, -0.2) is 5.91 Å². The van der Waals surface area contributed by atoms with Crippen molar-refractivity contribution in [3.05, 3.63) is 64.4 Å². The molecule has 0 bridgehead atoms. The molecule has 0 aliphatic carbocycles. The highest BCUT2D eigenvalue weighted by Crippen LogP contribution is 2.22. The first-order valence-corrected chi connectivity index (χ1v) is 6.61. The molecule has 0 radical (unpaired) electrons. The van der Waals surface area contributed by atoms with Gasteiger partial charge in [-0.15, -0.1) is 0 Å². The van der Waals surface area contributed by atoms with Crippen LogP contribution < -0.4 is 5.32 Å². The zero-order chi connectivity index (χ0) is 14.5. The fraction of sp³-hybridized carbons (Fsp3) is 0.0667. The van der Waals surface area contributed by atoms with E-state index in [2.05, 4.69) is 21.2 Å². The van der Waals surface area contributed by atoms with Gasteiger partial charge in [-0.1, -0.05) is 46.3 Å². The largest absolute Gasteiger partial charge is 0.322 e. The van der Waals surface area contributed by atoms with Crippen molar-refractivity contribution >= 4 is 27.5 Å². The number of nitrogens with zero attached hydrogens (tertiary/aromatic N) is 1. The van der Waals surface area contributed by atoms with E-state index in [9.17, 15) is 9.18 Å². The van der Waals surface area contributed by atoms with Crippen molar-refractivity contribution in [2.45, 2.75) is 5.92 Å². The fourth-order valence-electron chi connectivity index (χ4n) is 1.73. The van der Waals surface area contributed by atoms with Gasteiger partial charge in [0.05, 0.1) is 11.8 Å². The smallest absolute Gasteiger partial charge is 0.246 e. The maximum atomic E-state index is 13.7. The number of carbonyl (C=O) groups is 1. The summed E-state index contributed by atoms with van der Waals surface area (Å²) in [5.74, 6) is -2.09. The summed E-state index contributed by atoms with van der Waals surface area (Å²) in [5, 5.41) is 11.6. The minimum atomic E-state index is -0.973. The molecular weight excluding hydrogens is 323 g/mol. The third-order valence-electron chi connectivity index (χ3n) is 2.71. The van der Waals surface area contributed by atoms with Crippen molar-refractivity contribution in [3.8, 4) is 6.07 Å². The van der Waals surface area contributed by atoms with Crippen LogP contribution in [0, 0.1) is 17.1 Å². The van der Waals surface area contributed by atoms with Crippen molar-refractivity contribution in [3.63, 3.8) is 0 Å². The molecule has 2 aromatic rings. The van der Waals surface area contributed by atoms with E-state index in [0.29, 0.717) is 10.0 Å². The standard InChI is InChI=1S/C15H10BrFN2O/c16-11-6-7-14(13(17)8-11)19-15(20)12(9-18)10-4-2-1-3-5-10/h1-8,12H,(H,19,20). The lowest BCUT2D eigenvalue weighted by Crippen LogP contribution is -2.20. The summed E-state index contributed by atoms with van der Waals surface area (Å²) < 4.78 is 14.2. The molecule has 1 N–H and O–H groups in total. The number of carbonyl (C=O) groups excluding carboxylic acids is 1. The van der Waals surface area contributed by atoms with Crippen LogP contribution in [0.2, 0.25) is 0 Å². The second-order valence-electron chi connectivity index (χ2n) is 4.09. The second kappa shape index (κ2) is 6.31. The number of halogens is 2. The van der Waals surface area contributed by atoms with Gasteiger partial charge in [-0.2, -0.15) is 5.26 Å². The summed E-state index contributed by atoms with van der Waals surface area (Å²) in [5.41, 5.74) is 0.624. The molecule has 0 saturated heterocycles. The molecule has 1 amide bonds. The van der Waals surface area contributed by atoms with Gasteiger partial charge in [0, 0.05) is 4.47 Å². The molecule has 20 heavy (non-hydrogen) atoms.